The van der Waals surface area contributed by atoms with Crippen LogP contribution in [0.5, 0.6) is 0 Å². The van der Waals surface area contributed by atoms with E-state index >= 15 is 0 Å². The highest BCUT2D eigenvalue weighted by Gasteiger charge is 2.16. The highest BCUT2D eigenvalue weighted by Crippen LogP contribution is 2.17. The molecular formula is C14H19N5. The fourth-order valence-electron chi connectivity index (χ4n) is 2.50. The third kappa shape index (κ3) is 3.00. The van der Waals surface area contributed by atoms with E-state index in [1.807, 2.05) is 18.3 Å². The Morgan fingerprint density at radius 1 is 1.47 bits per heavy atom. The topological polar surface area (TPSA) is 56.8 Å². The predicted octanol–water partition coefficient (Wildman–Crippen LogP) is 1.27. The second kappa shape index (κ2) is 5.50. The van der Waals surface area contributed by atoms with Gasteiger partial charge in [-0.25, -0.2) is 0 Å². The van der Waals surface area contributed by atoms with Gasteiger partial charge in [-0.1, -0.05) is 0 Å². The van der Waals surface area contributed by atoms with Crippen molar-refractivity contribution in [1.29, 1.82) is 0 Å². The Hall–Kier alpha value is -1.72. The maximum atomic E-state index is 4.36. The van der Waals surface area contributed by atoms with Crippen LogP contribution in [0.25, 0.3) is 11.3 Å². The Balaban J connectivity index is 1.68. The molecule has 5 heteroatoms. The lowest BCUT2D eigenvalue weighted by Gasteiger charge is -2.31. The van der Waals surface area contributed by atoms with Gasteiger partial charge >= 0.3 is 0 Å². The van der Waals surface area contributed by atoms with E-state index in [0.717, 1.165) is 43.1 Å². The summed E-state index contributed by atoms with van der Waals surface area (Å²) in [6.45, 7) is 6.39. The predicted molar refractivity (Wildman–Crippen MR) is 74.6 cm³/mol. The van der Waals surface area contributed by atoms with E-state index in [0.29, 0.717) is 6.04 Å². The van der Waals surface area contributed by atoms with Crippen molar-refractivity contribution < 1.29 is 0 Å². The van der Waals surface area contributed by atoms with Crippen LogP contribution in [0.1, 0.15) is 12.6 Å². The fraction of sp³-hybridized carbons (Fsp3) is 0.429. The minimum atomic E-state index is 0.564. The van der Waals surface area contributed by atoms with Crippen molar-refractivity contribution in [3.8, 4) is 11.3 Å². The molecule has 19 heavy (non-hydrogen) atoms. The van der Waals surface area contributed by atoms with Gasteiger partial charge in [0.05, 0.1) is 5.69 Å². The number of pyridine rings is 1. The molecule has 0 aromatic carbocycles. The maximum Gasteiger partial charge on any atom is 0.0939 e. The Morgan fingerprint density at radius 2 is 2.42 bits per heavy atom. The second-order valence-corrected chi connectivity index (χ2v) is 5.11. The van der Waals surface area contributed by atoms with E-state index in [1.165, 1.54) is 0 Å². The van der Waals surface area contributed by atoms with Crippen molar-refractivity contribution in [2.45, 2.75) is 19.5 Å². The van der Waals surface area contributed by atoms with Crippen LogP contribution in [0, 0.1) is 0 Å². The van der Waals surface area contributed by atoms with E-state index in [1.54, 1.807) is 6.20 Å². The van der Waals surface area contributed by atoms with Gasteiger partial charge in [0.1, 0.15) is 0 Å². The lowest BCUT2D eigenvalue weighted by atomic mass is 10.2. The molecule has 3 rings (SSSR count). The molecule has 0 unspecified atom stereocenters. The van der Waals surface area contributed by atoms with Crippen molar-refractivity contribution in [2.75, 3.05) is 19.6 Å². The Kier molecular flexibility index (Phi) is 3.57. The van der Waals surface area contributed by atoms with Gasteiger partial charge in [0, 0.05) is 55.9 Å². The van der Waals surface area contributed by atoms with Crippen LogP contribution in [0.4, 0.5) is 0 Å². The molecule has 0 radical (unpaired) electrons. The molecule has 2 aromatic heterocycles. The van der Waals surface area contributed by atoms with Gasteiger partial charge in [0.2, 0.25) is 0 Å². The molecule has 0 spiro atoms. The largest absolute Gasteiger partial charge is 0.312 e. The van der Waals surface area contributed by atoms with Crippen molar-refractivity contribution in [3.63, 3.8) is 0 Å². The van der Waals surface area contributed by atoms with Gasteiger partial charge in [0.25, 0.3) is 0 Å². The van der Waals surface area contributed by atoms with Crippen LogP contribution >= 0.6 is 0 Å². The summed E-state index contributed by atoms with van der Waals surface area (Å²) in [5, 5.41) is 10.9. The number of aromatic nitrogens is 3. The zero-order valence-corrected chi connectivity index (χ0v) is 11.1. The molecule has 5 nitrogen and oxygen atoms in total. The van der Waals surface area contributed by atoms with Gasteiger partial charge < -0.3 is 5.32 Å². The normalized spacial score (nSPS) is 20.6. The molecule has 2 aromatic rings. The molecule has 0 saturated carbocycles. The van der Waals surface area contributed by atoms with Crippen LogP contribution in [0.15, 0.2) is 30.6 Å². The monoisotopic (exact) mass is 257 g/mol. The molecule has 3 heterocycles. The zero-order valence-electron chi connectivity index (χ0n) is 11.1. The second-order valence-electron chi connectivity index (χ2n) is 5.11. The van der Waals surface area contributed by atoms with E-state index in [4.69, 9.17) is 0 Å². The first-order chi connectivity index (χ1) is 9.31. The average Bonchev–Trinajstić information content (AvgIpc) is 2.88. The van der Waals surface area contributed by atoms with Crippen LogP contribution in [-0.4, -0.2) is 45.8 Å². The summed E-state index contributed by atoms with van der Waals surface area (Å²) in [6.07, 6.45) is 3.62. The number of nitrogens with zero attached hydrogens (tertiary/aromatic N) is 3. The minimum Gasteiger partial charge on any atom is -0.312 e. The number of hydrogen-bond donors (Lipinski definition) is 2. The number of rotatable bonds is 3. The van der Waals surface area contributed by atoms with Crippen LogP contribution in [0.3, 0.4) is 0 Å². The van der Waals surface area contributed by atoms with Crippen molar-refractivity contribution >= 4 is 0 Å². The van der Waals surface area contributed by atoms with Crippen LogP contribution in [0.2, 0.25) is 0 Å². The minimum absolute atomic E-state index is 0.564. The van der Waals surface area contributed by atoms with E-state index < -0.39 is 0 Å². The molecular weight excluding hydrogens is 238 g/mol. The molecule has 0 aliphatic carbocycles. The summed E-state index contributed by atoms with van der Waals surface area (Å²) in [4.78, 5) is 6.57. The van der Waals surface area contributed by atoms with Crippen molar-refractivity contribution in [2.24, 2.45) is 0 Å². The Morgan fingerprint density at radius 3 is 3.21 bits per heavy atom. The molecule has 1 fully saturated rings. The summed E-state index contributed by atoms with van der Waals surface area (Å²) in [5.74, 6) is 0. The lowest BCUT2D eigenvalue weighted by molar-refractivity contribution is 0.197. The molecule has 1 saturated heterocycles. The molecule has 1 atom stereocenters. The molecule has 1 aliphatic rings. The van der Waals surface area contributed by atoms with Crippen LogP contribution in [-0.2, 0) is 6.54 Å². The van der Waals surface area contributed by atoms with Gasteiger partial charge in [-0.15, -0.1) is 0 Å². The number of piperazine rings is 1. The number of H-pyrrole nitrogens is 1. The van der Waals surface area contributed by atoms with Crippen molar-refractivity contribution in [3.05, 3.63) is 36.3 Å². The quantitative estimate of drug-likeness (QED) is 0.869. The third-order valence-corrected chi connectivity index (χ3v) is 3.44. The SMILES string of the molecule is C[C@@H]1CN(Cc2cc(-c3cccnc3)n[nH]2)CCN1. The Labute approximate surface area is 113 Å². The van der Waals surface area contributed by atoms with Gasteiger partial charge in [-0.2, -0.15) is 5.10 Å². The first-order valence-corrected chi connectivity index (χ1v) is 6.72. The smallest absolute Gasteiger partial charge is 0.0939 e. The van der Waals surface area contributed by atoms with Crippen molar-refractivity contribution in [1.82, 2.24) is 25.4 Å². The van der Waals surface area contributed by atoms with E-state index in [9.17, 15) is 0 Å². The summed E-state index contributed by atoms with van der Waals surface area (Å²) in [7, 11) is 0. The fourth-order valence-corrected chi connectivity index (χ4v) is 2.50. The third-order valence-electron chi connectivity index (χ3n) is 3.44. The molecule has 0 amide bonds. The summed E-state index contributed by atoms with van der Waals surface area (Å²) < 4.78 is 0. The average molecular weight is 257 g/mol. The molecule has 1 aliphatic heterocycles. The highest BCUT2D eigenvalue weighted by atomic mass is 15.2. The molecule has 0 bridgehead atoms. The first-order valence-electron chi connectivity index (χ1n) is 6.72. The lowest BCUT2D eigenvalue weighted by Crippen LogP contribution is -2.48. The van der Waals surface area contributed by atoms with E-state index in [-0.39, 0.29) is 0 Å². The highest BCUT2D eigenvalue weighted by molar-refractivity contribution is 5.57. The number of nitrogens with one attached hydrogen (secondary N) is 2. The van der Waals surface area contributed by atoms with Gasteiger partial charge in [-0.3, -0.25) is 15.0 Å². The molecule has 2 N–H and O–H groups in total. The zero-order chi connectivity index (χ0) is 13.1. The molecule has 100 valence electrons. The van der Waals surface area contributed by atoms with Gasteiger partial charge in [0.15, 0.2) is 0 Å². The number of hydrogen-bond acceptors (Lipinski definition) is 4. The Bertz CT molecular complexity index is 522. The summed E-state index contributed by atoms with van der Waals surface area (Å²) in [6, 6.07) is 6.64. The van der Waals surface area contributed by atoms with E-state index in [2.05, 4.69) is 38.4 Å². The number of aromatic amines is 1. The first kappa shape index (κ1) is 12.3. The van der Waals surface area contributed by atoms with Gasteiger partial charge in [-0.05, 0) is 25.1 Å². The maximum absolute atomic E-state index is 4.36. The standard InChI is InChI=1S/C14H19N5/c1-11-9-19(6-5-16-11)10-13-7-14(18-17-13)12-3-2-4-15-8-12/h2-4,7-8,11,16H,5-6,9-10H2,1H3,(H,17,18)/t11-/m1/s1. The summed E-state index contributed by atoms with van der Waals surface area (Å²) >= 11 is 0. The summed E-state index contributed by atoms with van der Waals surface area (Å²) in [5.41, 5.74) is 3.18. The van der Waals surface area contributed by atoms with Crippen LogP contribution < -0.4 is 5.32 Å².